The van der Waals surface area contributed by atoms with Crippen molar-refractivity contribution < 1.29 is 19.4 Å². The van der Waals surface area contributed by atoms with Crippen LogP contribution in [-0.4, -0.2) is 37.1 Å². The predicted molar refractivity (Wildman–Crippen MR) is 70.1 cm³/mol. The first-order chi connectivity index (χ1) is 8.88. The van der Waals surface area contributed by atoms with Gasteiger partial charge in [-0.25, -0.2) is 0 Å². The van der Waals surface area contributed by atoms with Crippen LogP contribution in [0.2, 0.25) is 0 Å². The van der Waals surface area contributed by atoms with Crippen molar-refractivity contribution in [1.29, 1.82) is 0 Å². The minimum absolute atomic E-state index is 0.00750. The maximum atomic E-state index is 11.6. The molecular formula is C12H23N3O4. The Morgan fingerprint density at radius 2 is 1.89 bits per heavy atom. The Hall–Kier alpha value is -1.14. The van der Waals surface area contributed by atoms with Gasteiger partial charge in [0, 0.05) is 25.0 Å². The summed E-state index contributed by atoms with van der Waals surface area (Å²) in [6, 6.07) is 0. The van der Waals surface area contributed by atoms with E-state index in [0.29, 0.717) is 0 Å². The topological polar surface area (TPSA) is 105 Å². The zero-order valence-corrected chi connectivity index (χ0v) is 12.3. The fourth-order valence-electron chi connectivity index (χ4n) is 2.60. The average molecular weight is 273 g/mol. The molecule has 0 heterocycles. The number of rotatable bonds is 4. The van der Waals surface area contributed by atoms with E-state index in [0.717, 1.165) is 7.11 Å². The van der Waals surface area contributed by atoms with E-state index in [1.807, 2.05) is 27.7 Å². The molecule has 0 aromatic carbocycles. The van der Waals surface area contributed by atoms with Crippen LogP contribution in [0.1, 0.15) is 27.7 Å². The summed E-state index contributed by atoms with van der Waals surface area (Å²) in [6.45, 7) is 7.63. The van der Waals surface area contributed by atoms with Gasteiger partial charge in [0.2, 0.25) is 5.91 Å². The number of carbonyl (C=O) groups excluding carboxylic acids is 1. The molecule has 1 fully saturated rings. The molecule has 0 aromatic rings. The normalized spacial score (nSPS) is 34.2. The molecule has 1 N–H and O–H groups in total. The van der Waals surface area contributed by atoms with E-state index < -0.39 is 11.5 Å². The monoisotopic (exact) mass is 273 g/mol. The van der Waals surface area contributed by atoms with Crippen LogP contribution >= 0.6 is 0 Å². The van der Waals surface area contributed by atoms with Crippen molar-refractivity contribution in [3.05, 3.63) is 10.4 Å². The number of hydrogen-bond donors (Lipinski definition) is 1. The molecule has 3 atom stereocenters. The van der Waals surface area contributed by atoms with Crippen LogP contribution < -0.4 is 0 Å². The Kier molecular flexibility index (Phi) is 7.00. The molecule has 7 nitrogen and oxygen atoms in total. The van der Waals surface area contributed by atoms with Crippen molar-refractivity contribution in [1.82, 2.24) is 0 Å². The van der Waals surface area contributed by atoms with Gasteiger partial charge < -0.3 is 14.6 Å². The highest BCUT2D eigenvalue weighted by molar-refractivity contribution is 5.81. The second-order valence-electron chi connectivity index (χ2n) is 4.74. The van der Waals surface area contributed by atoms with Gasteiger partial charge in [0.25, 0.3) is 0 Å². The first-order valence-corrected chi connectivity index (χ1v) is 6.12. The molecule has 0 aliphatic heterocycles. The van der Waals surface area contributed by atoms with E-state index in [2.05, 4.69) is 10.0 Å². The Morgan fingerprint density at radius 1 is 1.42 bits per heavy atom. The highest BCUT2D eigenvalue weighted by Crippen LogP contribution is 2.52. The van der Waals surface area contributed by atoms with Crippen molar-refractivity contribution in [3.63, 3.8) is 0 Å². The second-order valence-corrected chi connectivity index (χ2v) is 4.74. The molecule has 0 spiro atoms. The second kappa shape index (κ2) is 7.45. The summed E-state index contributed by atoms with van der Waals surface area (Å²) in [4.78, 5) is 14.1. The molecule has 1 rings (SSSR count). The first-order valence-electron chi connectivity index (χ1n) is 6.12. The summed E-state index contributed by atoms with van der Waals surface area (Å²) in [5, 5.41) is 10.2. The van der Waals surface area contributed by atoms with Crippen LogP contribution in [0.25, 0.3) is 10.4 Å². The van der Waals surface area contributed by atoms with Gasteiger partial charge in [-0.1, -0.05) is 13.8 Å². The smallest absolute Gasteiger partial charge is 0.222 e. The number of azide groups is 1. The molecule has 0 aromatic heterocycles. The fourth-order valence-corrected chi connectivity index (χ4v) is 2.60. The number of nitrogens with zero attached hydrogens (tertiary/aromatic N) is 3. The molecule has 0 radical (unpaired) electrons. The van der Waals surface area contributed by atoms with E-state index in [1.165, 1.54) is 0 Å². The lowest BCUT2D eigenvalue weighted by molar-refractivity contribution is -0.272. The van der Waals surface area contributed by atoms with Gasteiger partial charge >= 0.3 is 0 Å². The van der Waals surface area contributed by atoms with Crippen molar-refractivity contribution in [2.24, 2.45) is 22.9 Å². The summed E-state index contributed by atoms with van der Waals surface area (Å²) >= 11 is 0. The maximum absolute atomic E-state index is 11.6. The number of aliphatic hydroxyl groups is 1. The molecule has 0 saturated heterocycles. The Morgan fingerprint density at radius 3 is 2.26 bits per heavy atom. The van der Waals surface area contributed by atoms with Crippen molar-refractivity contribution in [2.45, 2.75) is 39.6 Å². The fraction of sp³-hybridized carbons (Fsp3) is 0.917. The van der Waals surface area contributed by atoms with Gasteiger partial charge in [-0.3, -0.25) is 4.79 Å². The number of aliphatic hydroxyl groups excluding tert-OH is 1. The summed E-state index contributed by atoms with van der Waals surface area (Å²) < 4.78 is 10.9. The molecular weight excluding hydrogens is 250 g/mol. The van der Waals surface area contributed by atoms with E-state index in [1.54, 1.807) is 7.11 Å². The van der Waals surface area contributed by atoms with Crippen LogP contribution in [0.4, 0.5) is 0 Å². The Balaban J connectivity index is 0.00000154. The lowest BCUT2D eigenvalue weighted by Gasteiger charge is -2.56. The largest absolute Gasteiger partial charge is 0.400 e. The predicted octanol–water partition coefficient (Wildman–Crippen LogP) is 2.10. The molecule has 1 saturated carbocycles. The lowest BCUT2D eigenvalue weighted by Crippen LogP contribution is -2.63. The minimum Gasteiger partial charge on any atom is -0.400 e. The summed E-state index contributed by atoms with van der Waals surface area (Å²) in [7, 11) is 2.57. The Labute approximate surface area is 113 Å². The van der Waals surface area contributed by atoms with Gasteiger partial charge in [-0.2, -0.15) is 0 Å². The number of amides is 1. The molecule has 3 unspecified atom stereocenters. The zero-order chi connectivity index (χ0) is 15.2. The third-order valence-electron chi connectivity index (χ3n) is 4.07. The van der Waals surface area contributed by atoms with E-state index in [9.17, 15) is 4.79 Å². The van der Waals surface area contributed by atoms with Crippen LogP contribution in [-0.2, 0) is 14.3 Å². The van der Waals surface area contributed by atoms with E-state index in [-0.39, 0.29) is 24.0 Å². The van der Waals surface area contributed by atoms with E-state index >= 15 is 0 Å². The summed E-state index contributed by atoms with van der Waals surface area (Å²) in [5.41, 5.74) is 7.86. The van der Waals surface area contributed by atoms with Crippen LogP contribution in [0.3, 0.4) is 0 Å². The minimum atomic E-state index is -0.416. The maximum Gasteiger partial charge on any atom is 0.222 e. The SMILES string of the molecule is CO.COC(C)OC1(C)C(C)C(C(=O)N=[N+]=[N-])C1C. The molecule has 1 amide bonds. The van der Waals surface area contributed by atoms with Gasteiger partial charge in [0.05, 0.1) is 5.60 Å². The molecule has 1 aliphatic rings. The summed E-state index contributed by atoms with van der Waals surface area (Å²) in [6.07, 6.45) is -0.319. The number of ether oxygens (including phenoxy) is 2. The van der Waals surface area contributed by atoms with Gasteiger partial charge in [0.15, 0.2) is 6.29 Å². The third-order valence-corrected chi connectivity index (χ3v) is 4.07. The first kappa shape index (κ1) is 17.9. The number of methoxy groups -OCH3 is 1. The summed E-state index contributed by atoms with van der Waals surface area (Å²) in [5.74, 6) is -0.653. The standard InChI is InChI=1S/C11H19N3O3.CH4O/c1-6-9(10(15)13-14-12)7(2)11(6,4)17-8(3)16-5;1-2/h6-9H,1-5H3;2H,1H3. The van der Waals surface area contributed by atoms with Crippen molar-refractivity contribution in [2.75, 3.05) is 14.2 Å². The quantitative estimate of drug-likeness (QED) is 0.366. The molecule has 7 heteroatoms. The lowest BCUT2D eigenvalue weighted by atomic mass is 9.55. The zero-order valence-electron chi connectivity index (χ0n) is 12.3. The molecule has 19 heavy (non-hydrogen) atoms. The number of carbonyl (C=O) groups is 1. The number of hydrogen-bond acceptors (Lipinski definition) is 4. The van der Waals surface area contributed by atoms with Crippen LogP contribution in [0.5, 0.6) is 0 Å². The highest BCUT2D eigenvalue weighted by atomic mass is 16.7. The van der Waals surface area contributed by atoms with E-state index in [4.69, 9.17) is 20.1 Å². The molecule has 0 bridgehead atoms. The van der Waals surface area contributed by atoms with Crippen molar-refractivity contribution in [3.8, 4) is 0 Å². The van der Waals surface area contributed by atoms with Gasteiger partial charge in [-0.15, -0.1) is 0 Å². The Bertz CT molecular complexity index is 345. The van der Waals surface area contributed by atoms with Crippen LogP contribution in [0, 0.1) is 17.8 Å². The third kappa shape index (κ3) is 3.45. The van der Waals surface area contributed by atoms with Crippen molar-refractivity contribution >= 4 is 5.91 Å². The highest BCUT2D eigenvalue weighted by Gasteiger charge is 2.58. The average Bonchev–Trinajstić information content (AvgIpc) is 2.41. The van der Waals surface area contributed by atoms with Gasteiger partial charge in [-0.05, 0) is 36.3 Å². The molecule has 110 valence electrons. The molecule has 1 aliphatic carbocycles. The van der Waals surface area contributed by atoms with Gasteiger partial charge in [0.1, 0.15) is 0 Å². The van der Waals surface area contributed by atoms with Crippen LogP contribution in [0.15, 0.2) is 5.11 Å².